The molecule has 4 rings (SSSR count). The monoisotopic (exact) mass is 220 g/mol. The van der Waals surface area contributed by atoms with Crippen LogP contribution in [0.15, 0.2) is 48.7 Å². The van der Waals surface area contributed by atoms with E-state index in [0.717, 1.165) is 27.6 Å². The van der Waals surface area contributed by atoms with Crippen molar-refractivity contribution < 1.29 is 4.98 Å². The van der Waals surface area contributed by atoms with E-state index in [1.54, 1.807) is 0 Å². The van der Waals surface area contributed by atoms with Gasteiger partial charge in [0.1, 0.15) is 0 Å². The van der Waals surface area contributed by atoms with E-state index in [1.807, 2.05) is 24.4 Å². The van der Waals surface area contributed by atoms with Crippen molar-refractivity contribution in [3.05, 3.63) is 48.7 Å². The number of fused-ring (bicyclic) bond motifs is 4. The highest BCUT2D eigenvalue weighted by Gasteiger charge is 2.12. The van der Waals surface area contributed by atoms with Crippen LogP contribution >= 0.6 is 0 Å². The molecule has 0 fully saturated rings. The van der Waals surface area contributed by atoms with Crippen molar-refractivity contribution >= 4 is 33.0 Å². The normalized spacial score (nSPS) is 11.5. The minimum atomic E-state index is 0.921. The van der Waals surface area contributed by atoms with Crippen LogP contribution in [0.3, 0.4) is 0 Å². The van der Waals surface area contributed by atoms with E-state index in [1.165, 1.54) is 5.39 Å². The van der Waals surface area contributed by atoms with Crippen molar-refractivity contribution in [3.8, 4) is 0 Å². The standard InChI is InChI=1S/C14H9N3/c1-2-6-11-10(5-1)13-12(16-11)8-9-4-3-7-15-14(9)17-13/h1-8,16H/p+1. The third kappa shape index (κ3) is 1.16. The Labute approximate surface area is 97.1 Å². The van der Waals surface area contributed by atoms with Crippen molar-refractivity contribution in [1.82, 2.24) is 9.97 Å². The van der Waals surface area contributed by atoms with Crippen molar-refractivity contribution in [2.45, 2.75) is 0 Å². The van der Waals surface area contributed by atoms with Gasteiger partial charge >= 0.3 is 5.65 Å². The molecule has 0 aliphatic heterocycles. The van der Waals surface area contributed by atoms with Gasteiger partial charge in [0.2, 0.25) is 5.52 Å². The zero-order chi connectivity index (χ0) is 11.2. The molecule has 0 spiro atoms. The van der Waals surface area contributed by atoms with E-state index in [0.29, 0.717) is 0 Å². The van der Waals surface area contributed by atoms with Crippen LogP contribution in [0.4, 0.5) is 0 Å². The predicted octanol–water partition coefficient (Wildman–Crippen LogP) is 2.68. The maximum atomic E-state index is 4.68. The summed E-state index contributed by atoms with van der Waals surface area (Å²) in [5, 5.41) is 2.29. The number of aromatic amines is 2. The van der Waals surface area contributed by atoms with Crippen LogP contribution < -0.4 is 4.98 Å². The molecule has 3 nitrogen and oxygen atoms in total. The Balaban J connectivity index is 2.28. The second kappa shape index (κ2) is 3.04. The first-order chi connectivity index (χ1) is 8.42. The van der Waals surface area contributed by atoms with Crippen LogP contribution in [0.5, 0.6) is 0 Å². The highest BCUT2D eigenvalue weighted by molar-refractivity contribution is 6.07. The van der Waals surface area contributed by atoms with Gasteiger partial charge in [-0.2, -0.15) is 0 Å². The number of para-hydroxylation sites is 1. The summed E-state index contributed by atoms with van der Waals surface area (Å²) in [6.45, 7) is 0. The molecule has 3 aromatic heterocycles. The molecule has 2 N–H and O–H groups in total. The molecule has 1 aromatic carbocycles. The number of H-pyrrole nitrogens is 2. The van der Waals surface area contributed by atoms with E-state index < -0.39 is 0 Å². The lowest BCUT2D eigenvalue weighted by atomic mass is 10.2. The summed E-state index contributed by atoms with van der Waals surface area (Å²) < 4.78 is 0. The third-order valence-corrected chi connectivity index (χ3v) is 3.10. The van der Waals surface area contributed by atoms with Gasteiger partial charge in [0.05, 0.1) is 28.0 Å². The molecule has 3 heteroatoms. The van der Waals surface area contributed by atoms with E-state index in [2.05, 4.69) is 39.2 Å². The third-order valence-electron chi connectivity index (χ3n) is 3.10. The molecular weight excluding hydrogens is 210 g/mol. The second-order valence-corrected chi connectivity index (χ2v) is 4.16. The van der Waals surface area contributed by atoms with Gasteiger partial charge in [0, 0.05) is 0 Å². The molecule has 17 heavy (non-hydrogen) atoms. The maximum absolute atomic E-state index is 4.68. The zero-order valence-corrected chi connectivity index (χ0v) is 9.07. The summed E-state index contributed by atoms with van der Waals surface area (Å²) in [5.74, 6) is 0. The van der Waals surface area contributed by atoms with Crippen molar-refractivity contribution in [1.29, 1.82) is 0 Å². The number of nitrogens with zero attached hydrogens (tertiary/aromatic N) is 1. The molecule has 0 radical (unpaired) electrons. The van der Waals surface area contributed by atoms with Gasteiger partial charge in [-0.25, -0.2) is 4.98 Å². The Kier molecular flexibility index (Phi) is 1.56. The molecular formula is C14H10N3+. The van der Waals surface area contributed by atoms with Crippen LogP contribution in [-0.4, -0.2) is 9.97 Å². The maximum Gasteiger partial charge on any atom is 0.328 e. The molecule has 0 saturated carbocycles. The Morgan fingerprint density at radius 3 is 2.94 bits per heavy atom. The Hall–Kier alpha value is -2.42. The summed E-state index contributed by atoms with van der Waals surface area (Å²) >= 11 is 0. The van der Waals surface area contributed by atoms with Gasteiger partial charge in [-0.3, -0.25) is 0 Å². The highest BCUT2D eigenvalue weighted by Crippen LogP contribution is 2.25. The number of pyridine rings is 2. The van der Waals surface area contributed by atoms with Gasteiger partial charge in [0.15, 0.2) is 0 Å². The molecule has 3 heterocycles. The summed E-state index contributed by atoms with van der Waals surface area (Å²) in [5.41, 5.74) is 4.16. The molecule has 0 unspecified atom stereocenters. The first kappa shape index (κ1) is 8.70. The van der Waals surface area contributed by atoms with Gasteiger partial charge < -0.3 is 4.98 Å². The van der Waals surface area contributed by atoms with Crippen molar-refractivity contribution in [2.75, 3.05) is 0 Å². The lowest BCUT2D eigenvalue weighted by molar-refractivity contribution is -0.347. The average Bonchev–Trinajstić information content (AvgIpc) is 2.73. The number of hydrogen-bond acceptors (Lipinski definition) is 1. The SMILES string of the molecule is c1c[nH+]c2nc3c(cc2c1)[nH]c1ccccc13. The number of aromatic nitrogens is 3. The predicted molar refractivity (Wildman–Crippen MR) is 67.7 cm³/mol. The van der Waals surface area contributed by atoms with Gasteiger partial charge in [-0.05, 0) is 35.3 Å². The quantitative estimate of drug-likeness (QED) is 0.486. The topological polar surface area (TPSA) is 42.8 Å². The Morgan fingerprint density at radius 1 is 1.00 bits per heavy atom. The summed E-state index contributed by atoms with van der Waals surface area (Å²) in [7, 11) is 0. The molecule has 0 saturated heterocycles. The first-order valence-corrected chi connectivity index (χ1v) is 5.60. The second-order valence-electron chi connectivity index (χ2n) is 4.16. The number of rotatable bonds is 0. The molecule has 80 valence electrons. The van der Waals surface area contributed by atoms with Crippen LogP contribution in [0, 0.1) is 0 Å². The van der Waals surface area contributed by atoms with Gasteiger partial charge in [-0.15, -0.1) is 0 Å². The van der Waals surface area contributed by atoms with Crippen LogP contribution in [0.1, 0.15) is 0 Å². The van der Waals surface area contributed by atoms with Gasteiger partial charge in [0.25, 0.3) is 0 Å². The fourth-order valence-electron chi connectivity index (χ4n) is 2.29. The fraction of sp³-hybridized carbons (Fsp3) is 0. The smallest absolute Gasteiger partial charge is 0.328 e. The Bertz CT molecular complexity index is 840. The number of benzene rings is 1. The Morgan fingerprint density at radius 2 is 1.94 bits per heavy atom. The highest BCUT2D eigenvalue weighted by atomic mass is 14.9. The van der Waals surface area contributed by atoms with E-state index in [9.17, 15) is 0 Å². The molecule has 0 amide bonds. The number of nitrogens with one attached hydrogen (secondary N) is 2. The molecule has 0 aliphatic carbocycles. The summed E-state index contributed by atoms with van der Waals surface area (Å²) in [6.07, 6.45) is 1.90. The lowest BCUT2D eigenvalue weighted by Gasteiger charge is -1.88. The lowest BCUT2D eigenvalue weighted by Crippen LogP contribution is -2.03. The van der Waals surface area contributed by atoms with E-state index >= 15 is 0 Å². The van der Waals surface area contributed by atoms with E-state index in [4.69, 9.17) is 0 Å². The number of hydrogen-bond donors (Lipinski definition) is 1. The first-order valence-electron chi connectivity index (χ1n) is 5.60. The van der Waals surface area contributed by atoms with Crippen LogP contribution in [0.25, 0.3) is 33.0 Å². The molecule has 0 bridgehead atoms. The largest absolute Gasteiger partial charge is 0.351 e. The fourth-order valence-corrected chi connectivity index (χ4v) is 2.29. The van der Waals surface area contributed by atoms with Crippen LogP contribution in [-0.2, 0) is 0 Å². The van der Waals surface area contributed by atoms with Gasteiger partial charge in [-0.1, -0.05) is 12.1 Å². The van der Waals surface area contributed by atoms with Crippen molar-refractivity contribution in [3.63, 3.8) is 0 Å². The average molecular weight is 220 g/mol. The molecule has 0 aliphatic rings. The summed E-state index contributed by atoms with van der Waals surface area (Å²) in [6, 6.07) is 14.4. The summed E-state index contributed by atoms with van der Waals surface area (Å²) in [4.78, 5) is 11.2. The minimum absolute atomic E-state index is 0.921. The van der Waals surface area contributed by atoms with Crippen LogP contribution in [0.2, 0.25) is 0 Å². The van der Waals surface area contributed by atoms with E-state index in [-0.39, 0.29) is 0 Å². The zero-order valence-electron chi connectivity index (χ0n) is 9.07. The molecule has 4 aromatic rings. The molecule has 0 atom stereocenters. The minimum Gasteiger partial charge on any atom is -0.351 e. The van der Waals surface area contributed by atoms with Crippen molar-refractivity contribution in [2.24, 2.45) is 0 Å².